The van der Waals surface area contributed by atoms with E-state index in [1.165, 1.54) is 17.6 Å². The number of benzene rings is 2. The molecular weight excluding hydrogens is 274 g/mol. The maximum atomic E-state index is 11.5. The minimum Gasteiger partial charge on any atom is -0.507 e. The molecule has 0 aliphatic heterocycles. The number of methoxy groups -OCH3 is 1. The minimum absolute atomic E-state index is 0.117. The van der Waals surface area contributed by atoms with Crippen molar-refractivity contribution in [1.82, 2.24) is 5.48 Å². The van der Waals surface area contributed by atoms with Crippen molar-refractivity contribution in [2.45, 2.75) is 6.61 Å². The van der Waals surface area contributed by atoms with Crippen LogP contribution in [0.3, 0.4) is 0 Å². The average Bonchev–Trinajstić information content (AvgIpc) is 2.52. The van der Waals surface area contributed by atoms with Crippen LogP contribution in [0.1, 0.15) is 15.9 Å². The quantitative estimate of drug-likeness (QED) is 0.579. The van der Waals surface area contributed by atoms with Crippen molar-refractivity contribution in [3.05, 3.63) is 53.6 Å². The van der Waals surface area contributed by atoms with Gasteiger partial charge in [0.05, 0.1) is 7.11 Å². The van der Waals surface area contributed by atoms with Crippen LogP contribution in [0.15, 0.2) is 42.5 Å². The Balaban J connectivity index is 2.15. The minimum atomic E-state index is -0.835. The summed E-state index contributed by atoms with van der Waals surface area (Å²) in [7, 11) is 1.58. The SMILES string of the molecule is COc1ccc(COc2cccc(O)c2C(=O)NO)cc1. The lowest BCUT2D eigenvalue weighted by Crippen LogP contribution is -2.19. The van der Waals surface area contributed by atoms with Gasteiger partial charge in [0.2, 0.25) is 0 Å². The van der Waals surface area contributed by atoms with Gasteiger partial charge < -0.3 is 14.6 Å². The van der Waals surface area contributed by atoms with Crippen LogP contribution in [-0.2, 0) is 6.61 Å². The highest BCUT2D eigenvalue weighted by atomic mass is 16.5. The highest BCUT2D eigenvalue weighted by Crippen LogP contribution is 2.28. The first-order chi connectivity index (χ1) is 10.2. The van der Waals surface area contributed by atoms with Gasteiger partial charge in [-0.25, -0.2) is 5.48 Å². The van der Waals surface area contributed by atoms with Crippen molar-refractivity contribution in [3.8, 4) is 17.2 Å². The normalized spacial score (nSPS) is 10.0. The van der Waals surface area contributed by atoms with E-state index >= 15 is 0 Å². The Morgan fingerprint density at radius 2 is 1.90 bits per heavy atom. The second-order valence-electron chi connectivity index (χ2n) is 4.23. The first-order valence-electron chi connectivity index (χ1n) is 6.18. The third-order valence-corrected chi connectivity index (χ3v) is 2.89. The van der Waals surface area contributed by atoms with Gasteiger partial charge in [0.1, 0.15) is 29.4 Å². The van der Waals surface area contributed by atoms with Gasteiger partial charge in [-0.15, -0.1) is 0 Å². The van der Waals surface area contributed by atoms with Gasteiger partial charge in [-0.3, -0.25) is 10.0 Å². The van der Waals surface area contributed by atoms with Gasteiger partial charge in [-0.1, -0.05) is 18.2 Å². The Hall–Kier alpha value is -2.73. The molecule has 2 rings (SSSR count). The Morgan fingerprint density at radius 1 is 1.19 bits per heavy atom. The molecular formula is C15H15NO5. The summed E-state index contributed by atoms with van der Waals surface area (Å²) in [5, 5.41) is 18.4. The number of hydroxylamine groups is 1. The molecule has 3 N–H and O–H groups in total. The van der Waals surface area contributed by atoms with E-state index in [4.69, 9.17) is 14.7 Å². The van der Waals surface area contributed by atoms with E-state index in [0.717, 1.165) is 11.3 Å². The summed E-state index contributed by atoms with van der Waals surface area (Å²) in [6, 6.07) is 11.7. The summed E-state index contributed by atoms with van der Waals surface area (Å²) >= 11 is 0. The fourth-order valence-corrected chi connectivity index (χ4v) is 1.81. The molecule has 0 aliphatic rings. The van der Waals surface area contributed by atoms with Gasteiger partial charge in [-0.2, -0.15) is 0 Å². The van der Waals surface area contributed by atoms with Crippen LogP contribution in [0, 0.1) is 0 Å². The van der Waals surface area contributed by atoms with Crippen LogP contribution < -0.4 is 15.0 Å². The molecule has 110 valence electrons. The zero-order chi connectivity index (χ0) is 15.2. The first kappa shape index (κ1) is 14.7. The molecule has 0 saturated carbocycles. The number of ether oxygens (including phenoxy) is 2. The Morgan fingerprint density at radius 3 is 2.52 bits per heavy atom. The molecule has 0 spiro atoms. The number of amides is 1. The zero-order valence-corrected chi connectivity index (χ0v) is 11.4. The van der Waals surface area contributed by atoms with Gasteiger partial charge in [-0.05, 0) is 29.8 Å². The largest absolute Gasteiger partial charge is 0.507 e. The first-order valence-corrected chi connectivity index (χ1v) is 6.18. The summed E-state index contributed by atoms with van der Waals surface area (Å²) in [6.45, 7) is 0.207. The maximum Gasteiger partial charge on any atom is 0.282 e. The fraction of sp³-hybridized carbons (Fsp3) is 0.133. The van der Waals surface area contributed by atoms with Crippen LogP contribution in [-0.4, -0.2) is 23.3 Å². The van der Waals surface area contributed by atoms with E-state index in [0.29, 0.717) is 0 Å². The topological polar surface area (TPSA) is 88.0 Å². The average molecular weight is 289 g/mol. The summed E-state index contributed by atoms with van der Waals surface area (Å²) in [4.78, 5) is 11.5. The van der Waals surface area contributed by atoms with Gasteiger partial charge >= 0.3 is 0 Å². The number of phenolic OH excluding ortho intramolecular Hbond substituents is 1. The van der Waals surface area contributed by atoms with Crippen molar-refractivity contribution >= 4 is 5.91 Å². The second kappa shape index (κ2) is 6.62. The second-order valence-corrected chi connectivity index (χ2v) is 4.23. The van der Waals surface area contributed by atoms with Crippen LogP contribution in [0.2, 0.25) is 0 Å². The van der Waals surface area contributed by atoms with Crippen molar-refractivity contribution in [2.24, 2.45) is 0 Å². The summed E-state index contributed by atoms with van der Waals surface area (Å²) in [5.74, 6) is -0.194. The van der Waals surface area contributed by atoms with Crippen LogP contribution in [0.25, 0.3) is 0 Å². The molecule has 0 unspecified atom stereocenters. The fourth-order valence-electron chi connectivity index (χ4n) is 1.81. The van der Waals surface area contributed by atoms with E-state index in [1.807, 2.05) is 12.1 Å². The summed E-state index contributed by atoms with van der Waals surface area (Å²) in [5.41, 5.74) is 2.23. The van der Waals surface area contributed by atoms with Gasteiger partial charge in [0.15, 0.2) is 0 Å². The van der Waals surface area contributed by atoms with E-state index in [2.05, 4.69) is 0 Å². The van der Waals surface area contributed by atoms with Gasteiger partial charge in [0, 0.05) is 0 Å². The molecule has 2 aromatic carbocycles. The number of hydrogen-bond acceptors (Lipinski definition) is 5. The number of nitrogens with one attached hydrogen (secondary N) is 1. The van der Waals surface area contributed by atoms with Crippen LogP contribution >= 0.6 is 0 Å². The molecule has 2 aromatic rings. The molecule has 0 bridgehead atoms. The number of carbonyl (C=O) groups excluding carboxylic acids is 1. The predicted molar refractivity (Wildman–Crippen MR) is 74.7 cm³/mol. The van der Waals surface area contributed by atoms with Crippen molar-refractivity contribution in [3.63, 3.8) is 0 Å². The molecule has 0 aliphatic carbocycles. The summed E-state index contributed by atoms with van der Waals surface area (Å²) in [6.07, 6.45) is 0. The van der Waals surface area contributed by atoms with Crippen molar-refractivity contribution in [1.29, 1.82) is 0 Å². The third kappa shape index (κ3) is 3.43. The highest BCUT2D eigenvalue weighted by molar-refractivity contribution is 5.98. The van der Waals surface area contributed by atoms with E-state index in [-0.39, 0.29) is 23.7 Å². The molecule has 0 radical (unpaired) electrons. The third-order valence-electron chi connectivity index (χ3n) is 2.89. The van der Waals surface area contributed by atoms with E-state index < -0.39 is 5.91 Å². The Kier molecular flexibility index (Phi) is 4.63. The molecule has 6 nitrogen and oxygen atoms in total. The van der Waals surface area contributed by atoms with Crippen LogP contribution in [0.4, 0.5) is 0 Å². The summed E-state index contributed by atoms with van der Waals surface area (Å²) < 4.78 is 10.6. The number of rotatable bonds is 5. The molecule has 0 aromatic heterocycles. The molecule has 0 atom stereocenters. The van der Waals surface area contributed by atoms with Crippen molar-refractivity contribution < 1.29 is 24.6 Å². The van der Waals surface area contributed by atoms with E-state index in [1.54, 1.807) is 25.3 Å². The number of phenols is 1. The Labute approximate surface area is 121 Å². The van der Waals surface area contributed by atoms with Crippen molar-refractivity contribution in [2.75, 3.05) is 7.11 Å². The highest BCUT2D eigenvalue weighted by Gasteiger charge is 2.16. The molecule has 0 heterocycles. The number of aromatic hydroxyl groups is 1. The van der Waals surface area contributed by atoms with Crippen LogP contribution in [0.5, 0.6) is 17.2 Å². The number of hydrogen-bond donors (Lipinski definition) is 3. The smallest absolute Gasteiger partial charge is 0.282 e. The zero-order valence-electron chi connectivity index (χ0n) is 11.4. The lowest BCUT2D eigenvalue weighted by molar-refractivity contribution is 0.0698. The maximum absolute atomic E-state index is 11.5. The molecule has 21 heavy (non-hydrogen) atoms. The standard InChI is InChI=1S/C15H15NO5/c1-20-11-7-5-10(6-8-11)9-21-13-4-2-3-12(17)14(13)15(18)16-19/h2-8,17,19H,9H2,1H3,(H,16,18). The van der Waals surface area contributed by atoms with Gasteiger partial charge in [0.25, 0.3) is 5.91 Å². The molecule has 1 amide bonds. The Bertz CT molecular complexity index is 624. The number of carbonyl (C=O) groups is 1. The van der Waals surface area contributed by atoms with E-state index in [9.17, 15) is 9.90 Å². The lowest BCUT2D eigenvalue weighted by Gasteiger charge is -2.11. The lowest BCUT2D eigenvalue weighted by atomic mass is 10.1. The predicted octanol–water partition coefficient (Wildman–Crippen LogP) is 2.10. The molecule has 0 fully saturated rings. The molecule has 0 saturated heterocycles. The monoisotopic (exact) mass is 289 g/mol. The molecule has 6 heteroatoms.